The molecule has 4 aliphatic carbocycles. The predicted molar refractivity (Wildman–Crippen MR) is 118 cm³/mol. The Morgan fingerprint density at radius 3 is 2.69 bits per heavy atom. The largest absolute Gasteiger partial charge is 0.353 e. The highest BCUT2D eigenvalue weighted by molar-refractivity contribution is 5.26. The fourth-order valence-electron chi connectivity index (χ4n) is 8.59. The number of fused-ring (bicyclic) bond motifs is 5. The Bertz CT molecular complexity index is 674. The predicted octanol–water partition coefficient (Wildman–Crippen LogP) is 7.05. The van der Waals surface area contributed by atoms with Crippen LogP contribution in [0.3, 0.4) is 0 Å². The third kappa shape index (κ3) is 3.28. The SMILES string of the molecule is C=C(C)C1CCC2C3CC=C4CC(OC5CCCCO5)CCC4(C)C3CC[C@]12C. The third-order valence-corrected chi connectivity index (χ3v) is 10.1. The van der Waals surface area contributed by atoms with Crippen molar-refractivity contribution in [2.45, 2.75) is 104 Å². The molecule has 2 heteroatoms. The van der Waals surface area contributed by atoms with Crippen LogP contribution in [0.5, 0.6) is 0 Å². The Balaban J connectivity index is 1.32. The van der Waals surface area contributed by atoms with Crippen LogP contribution in [-0.2, 0) is 9.47 Å². The molecule has 0 amide bonds. The molecule has 0 spiro atoms. The molecule has 1 heterocycles. The van der Waals surface area contributed by atoms with Gasteiger partial charge in [-0.15, -0.1) is 0 Å². The van der Waals surface area contributed by atoms with E-state index in [1.807, 2.05) is 0 Å². The molecule has 29 heavy (non-hydrogen) atoms. The molecule has 0 aromatic carbocycles. The lowest BCUT2D eigenvalue weighted by Crippen LogP contribution is -2.50. The van der Waals surface area contributed by atoms with Gasteiger partial charge in [0.25, 0.3) is 0 Å². The van der Waals surface area contributed by atoms with Crippen molar-refractivity contribution < 1.29 is 9.47 Å². The summed E-state index contributed by atoms with van der Waals surface area (Å²) in [4.78, 5) is 0. The van der Waals surface area contributed by atoms with Gasteiger partial charge in [0.2, 0.25) is 0 Å². The van der Waals surface area contributed by atoms with Crippen molar-refractivity contribution in [2.24, 2.45) is 34.5 Å². The van der Waals surface area contributed by atoms with Gasteiger partial charge in [0, 0.05) is 6.61 Å². The van der Waals surface area contributed by atoms with Gasteiger partial charge in [0.15, 0.2) is 6.29 Å². The van der Waals surface area contributed by atoms with Crippen molar-refractivity contribution in [2.75, 3.05) is 6.61 Å². The Kier molecular flexibility index (Phi) is 5.27. The first-order valence-electron chi connectivity index (χ1n) is 12.5. The molecular formula is C27H42O2. The lowest BCUT2D eigenvalue weighted by atomic mass is 9.47. The molecule has 0 bridgehead atoms. The highest BCUT2D eigenvalue weighted by Crippen LogP contribution is 2.67. The molecule has 162 valence electrons. The van der Waals surface area contributed by atoms with Crippen LogP contribution in [0.25, 0.3) is 0 Å². The van der Waals surface area contributed by atoms with Gasteiger partial charge >= 0.3 is 0 Å². The van der Waals surface area contributed by atoms with Crippen molar-refractivity contribution in [1.29, 1.82) is 0 Å². The molecule has 2 nitrogen and oxygen atoms in total. The van der Waals surface area contributed by atoms with Crippen LogP contribution in [0.4, 0.5) is 0 Å². The number of rotatable bonds is 3. The van der Waals surface area contributed by atoms with E-state index in [0.717, 1.165) is 43.1 Å². The van der Waals surface area contributed by atoms with Gasteiger partial charge in [-0.1, -0.05) is 37.6 Å². The lowest BCUT2D eigenvalue weighted by molar-refractivity contribution is -0.195. The fraction of sp³-hybridized carbons (Fsp3) is 0.852. The van der Waals surface area contributed by atoms with Crippen molar-refractivity contribution in [3.8, 4) is 0 Å². The smallest absolute Gasteiger partial charge is 0.157 e. The van der Waals surface area contributed by atoms with Gasteiger partial charge in [-0.2, -0.15) is 0 Å². The first kappa shape index (κ1) is 20.3. The maximum Gasteiger partial charge on any atom is 0.157 e. The second kappa shape index (κ2) is 7.52. The lowest BCUT2D eigenvalue weighted by Gasteiger charge is -2.58. The highest BCUT2D eigenvalue weighted by Gasteiger charge is 2.58. The Morgan fingerprint density at radius 1 is 1.07 bits per heavy atom. The molecule has 5 rings (SSSR count). The number of hydrogen-bond acceptors (Lipinski definition) is 2. The Hall–Kier alpha value is -0.600. The van der Waals surface area contributed by atoms with Crippen LogP contribution < -0.4 is 0 Å². The molecule has 1 saturated heterocycles. The molecule has 3 saturated carbocycles. The maximum atomic E-state index is 6.42. The Morgan fingerprint density at radius 2 is 1.93 bits per heavy atom. The maximum absolute atomic E-state index is 6.42. The summed E-state index contributed by atoms with van der Waals surface area (Å²) in [5.41, 5.74) is 4.09. The second-order valence-electron chi connectivity index (χ2n) is 11.6. The first-order chi connectivity index (χ1) is 13.9. The van der Waals surface area contributed by atoms with Crippen LogP contribution in [-0.4, -0.2) is 19.0 Å². The number of allylic oxidation sites excluding steroid dienone is 2. The van der Waals surface area contributed by atoms with Crippen molar-refractivity contribution in [3.63, 3.8) is 0 Å². The molecular weight excluding hydrogens is 356 g/mol. The second-order valence-corrected chi connectivity index (χ2v) is 11.6. The van der Waals surface area contributed by atoms with Gasteiger partial charge < -0.3 is 9.47 Å². The van der Waals surface area contributed by atoms with E-state index in [9.17, 15) is 0 Å². The summed E-state index contributed by atoms with van der Waals surface area (Å²) in [6.07, 6.45) is 17.3. The van der Waals surface area contributed by atoms with Gasteiger partial charge in [0.1, 0.15) is 0 Å². The van der Waals surface area contributed by atoms with E-state index in [4.69, 9.17) is 9.47 Å². The minimum absolute atomic E-state index is 0.0583. The van der Waals surface area contributed by atoms with Crippen molar-refractivity contribution in [1.82, 2.24) is 0 Å². The van der Waals surface area contributed by atoms with Gasteiger partial charge in [-0.05, 0) is 112 Å². The average Bonchev–Trinajstić information content (AvgIpc) is 3.06. The molecule has 0 aromatic rings. The topological polar surface area (TPSA) is 18.5 Å². The van der Waals surface area contributed by atoms with E-state index >= 15 is 0 Å². The minimum atomic E-state index is 0.0583. The van der Waals surface area contributed by atoms with E-state index in [2.05, 4.69) is 33.4 Å². The van der Waals surface area contributed by atoms with E-state index in [0.29, 0.717) is 16.9 Å². The normalized spacial score (nSPS) is 49.6. The van der Waals surface area contributed by atoms with Gasteiger partial charge in [-0.25, -0.2) is 0 Å². The monoisotopic (exact) mass is 398 g/mol. The first-order valence-corrected chi connectivity index (χ1v) is 12.5. The van der Waals surface area contributed by atoms with E-state index in [-0.39, 0.29) is 6.29 Å². The van der Waals surface area contributed by atoms with E-state index in [1.165, 1.54) is 63.4 Å². The zero-order chi connectivity index (χ0) is 20.2. The van der Waals surface area contributed by atoms with Crippen LogP contribution in [0.2, 0.25) is 0 Å². The van der Waals surface area contributed by atoms with E-state index in [1.54, 1.807) is 5.57 Å². The van der Waals surface area contributed by atoms with E-state index < -0.39 is 0 Å². The van der Waals surface area contributed by atoms with Crippen LogP contribution in [0, 0.1) is 34.5 Å². The quantitative estimate of drug-likeness (QED) is 0.474. The molecule has 7 unspecified atom stereocenters. The fourth-order valence-corrected chi connectivity index (χ4v) is 8.59. The third-order valence-electron chi connectivity index (χ3n) is 10.1. The Labute approximate surface area is 178 Å². The molecule has 1 aliphatic heterocycles. The summed E-state index contributed by atoms with van der Waals surface area (Å²) in [7, 11) is 0. The van der Waals surface area contributed by atoms with Crippen LogP contribution >= 0.6 is 0 Å². The molecule has 0 aromatic heterocycles. The summed E-state index contributed by atoms with van der Waals surface area (Å²) < 4.78 is 12.3. The van der Waals surface area contributed by atoms with Crippen molar-refractivity contribution in [3.05, 3.63) is 23.8 Å². The number of ether oxygens (including phenoxy) is 2. The summed E-state index contributed by atoms with van der Waals surface area (Å²) in [6.45, 7) is 12.8. The van der Waals surface area contributed by atoms with Crippen molar-refractivity contribution >= 4 is 0 Å². The summed E-state index contributed by atoms with van der Waals surface area (Å²) >= 11 is 0. The van der Waals surface area contributed by atoms with Crippen LogP contribution in [0.1, 0.15) is 91.4 Å². The molecule has 8 atom stereocenters. The summed E-state index contributed by atoms with van der Waals surface area (Å²) in [5, 5.41) is 0. The summed E-state index contributed by atoms with van der Waals surface area (Å²) in [6, 6.07) is 0. The molecule has 5 aliphatic rings. The van der Waals surface area contributed by atoms with Gasteiger partial charge in [-0.3, -0.25) is 0 Å². The standard InChI is InChI=1S/C27H42O2/c1-18(2)22-10-11-23-21-9-8-19-17-20(29-25-7-5-6-16-28-25)12-14-26(19,3)24(21)13-15-27(22,23)4/h8,20-25H,1,5-7,9-17H2,2-4H3/t20?,21?,22?,23?,24?,25?,26?,27-/m1/s1. The van der Waals surface area contributed by atoms with Crippen LogP contribution in [0.15, 0.2) is 23.8 Å². The molecule has 4 fully saturated rings. The average molecular weight is 399 g/mol. The summed E-state index contributed by atoms with van der Waals surface area (Å²) in [5.74, 6) is 3.44. The zero-order valence-corrected chi connectivity index (χ0v) is 19.1. The zero-order valence-electron chi connectivity index (χ0n) is 19.1. The molecule has 0 N–H and O–H groups in total. The minimum Gasteiger partial charge on any atom is -0.353 e. The molecule has 0 radical (unpaired) electrons. The van der Waals surface area contributed by atoms with Gasteiger partial charge in [0.05, 0.1) is 6.10 Å². The number of hydrogen-bond donors (Lipinski definition) is 0. The highest BCUT2D eigenvalue weighted by atomic mass is 16.7.